The minimum Gasteiger partial charge on any atom is -0.354 e. The second kappa shape index (κ2) is 9.59. The summed E-state index contributed by atoms with van der Waals surface area (Å²) in [7, 11) is 0. The number of aromatic amines is 2. The Balaban J connectivity index is 1.25. The van der Waals surface area contributed by atoms with E-state index in [-0.39, 0.29) is 5.82 Å². The smallest absolute Gasteiger partial charge is 0.159 e. The van der Waals surface area contributed by atoms with Crippen molar-refractivity contribution >= 4 is 33.3 Å². The number of halogens is 1. The van der Waals surface area contributed by atoms with E-state index >= 15 is 0 Å². The van der Waals surface area contributed by atoms with Gasteiger partial charge in [0.1, 0.15) is 17.0 Å². The zero-order chi connectivity index (χ0) is 27.1. The third-order valence-corrected chi connectivity index (χ3v) is 6.79. The fourth-order valence-corrected chi connectivity index (χ4v) is 4.79. The van der Waals surface area contributed by atoms with Crippen LogP contribution in [0.5, 0.6) is 0 Å². The van der Waals surface area contributed by atoms with Gasteiger partial charge in [0.2, 0.25) is 0 Å². The van der Waals surface area contributed by atoms with E-state index in [9.17, 15) is 4.39 Å². The predicted molar refractivity (Wildman–Crippen MR) is 157 cm³/mol. The molecule has 4 aromatic heterocycles. The molecule has 0 saturated carbocycles. The molecule has 0 aliphatic carbocycles. The van der Waals surface area contributed by atoms with Gasteiger partial charge in [0.25, 0.3) is 0 Å². The Morgan fingerprint density at radius 1 is 0.800 bits per heavy atom. The van der Waals surface area contributed by atoms with Crippen molar-refractivity contribution in [3.63, 3.8) is 0 Å². The Morgan fingerprint density at radius 3 is 2.48 bits per heavy atom. The zero-order valence-electron chi connectivity index (χ0n) is 21.2. The second-order valence-electron chi connectivity index (χ2n) is 9.41. The van der Waals surface area contributed by atoms with Crippen LogP contribution in [-0.2, 0) is 0 Å². The molecule has 0 spiro atoms. The normalized spacial score (nSPS) is 11.2. The van der Waals surface area contributed by atoms with Crippen molar-refractivity contribution in [3.05, 3.63) is 121 Å². The average molecular weight is 524 g/mol. The number of anilines is 1. The molecular formula is C32H22FN7. The predicted octanol–water partition coefficient (Wildman–Crippen LogP) is 7.45. The second-order valence-corrected chi connectivity index (χ2v) is 9.41. The molecule has 0 unspecified atom stereocenters. The van der Waals surface area contributed by atoms with Crippen molar-refractivity contribution in [1.82, 2.24) is 30.1 Å². The lowest BCUT2D eigenvalue weighted by Crippen LogP contribution is -1.98. The fourth-order valence-electron chi connectivity index (χ4n) is 4.79. The maximum Gasteiger partial charge on any atom is 0.159 e. The lowest BCUT2D eigenvalue weighted by atomic mass is 10.0. The van der Waals surface area contributed by atoms with E-state index in [1.807, 2.05) is 60.8 Å². The largest absolute Gasteiger partial charge is 0.354 e. The van der Waals surface area contributed by atoms with Gasteiger partial charge < -0.3 is 10.3 Å². The number of pyridine rings is 2. The summed E-state index contributed by atoms with van der Waals surface area (Å²) in [5.41, 5.74) is 9.14. The molecule has 0 fully saturated rings. The molecule has 0 amide bonds. The highest BCUT2D eigenvalue weighted by atomic mass is 19.1. The van der Waals surface area contributed by atoms with E-state index in [0.717, 1.165) is 50.1 Å². The Hall–Kier alpha value is -5.63. The Bertz CT molecular complexity index is 2010. The summed E-state index contributed by atoms with van der Waals surface area (Å²) in [5.74, 6) is 0.317. The molecule has 192 valence electrons. The van der Waals surface area contributed by atoms with Gasteiger partial charge >= 0.3 is 0 Å². The third kappa shape index (κ3) is 4.27. The van der Waals surface area contributed by atoms with Crippen LogP contribution in [-0.4, -0.2) is 30.1 Å². The summed E-state index contributed by atoms with van der Waals surface area (Å²) >= 11 is 0. The Morgan fingerprint density at radius 2 is 1.62 bits per heavy atom. The van der Waals surface area contributed by atoms with Gasteiger partial charge in [-0.05, 0) is 59.7 Å². The van der Waals surface area contributed by atoms with Crippen LogP contribution in [0.3, 0.4) is 0 Å². The molecule has 8 heteroatoms. The Labute approximate surface area is 228 Å². The summed E-state index contributed by atoms with van der Waals surface area (Å²) < 4.78 is 13.5. The number of nitrogens with zero attached hydrogens (tertiary/aromatic N) is 4. The monoisotopic (exact) mass is 523 g/mol. The molecular weight excluding hydrogens is 501 g/mol. The third-order valence-electron chi connectivity index (χ3n) is 6.79. The van der Waals surface area contributed by atoms with Crippen LogP contribution >= 0.6 is 0 Å². The fraction of sp³-hybridized carbons (Fsp3) is 0. The first-order valence-corrected chi connectivity index (χ1v) is 12.7. The van der Waals surface area contributed by atoms with Crippen LogP contribution in [0.25, 0.3) is 61.5 Å². The molecule has 0 saturated heterocycles. The van der Waals surface area contributed by atoms with Crippen molar-refractivity contribution in [2.75, 3.05) is 5.32 Å². The van der Waals surface area contributed by atoms with E-state index in [2.05, 4.69) is 43.1 Å². The molecule has 7 nitrogen and oxygen atoms in total. The average Bonchev–Trinajstić information content (AvgIpc) is 3.62. The number of H-pyrrole nitrogens is 2. The number of hydrogen-bond acceptors (Lipinski definition) is 5. The molecule has 0 bridgehead atoms. The van der Waals surface area contributed by atoms with Crippen molar-refractivity contribution in [2.45, 2.75) is 0 Å². The minimum absolute atomic E-state index is 0.296. The summed E-state index contributed by atoms with van der Waals surface area (Å²) in [5, 5.41) is 12.0. The van der Waals surface area contributed by atoms with Gasteiger partial charge in [-0.3, -0.25) is 15.1 Å². The first-order valence-electron chi connectivity index (χ1n) is 12.7. The number of nitrogens with one attached hydrogen (secondary N) is 3. The van der Waals surface area contributed by atoms with E-state index in [4.69, 9.17) is 4.98 Å². The minimum atomic E-state index is -0.296. The van der Waals surface area contributed by atoms with E-state index in [1.165, 1.54) is 12.1 Å². The summed E-state index contributed by atoms with van der Waals surface area (Å²) in [6.45, 7) is 4.17. The molecule has 0 aliphatic rings. The highest BCUT2D eigenvalue weighted by Gasteiger charge is 2.16. The van der Waals surface area contributed by atoms with Crippen LogP contribution < -0.4 is 5.32 Å². The quantitative estimate of drug-likeness (QED) is 0.210. The molecule has 7 aromatic rings. The number of benzene rings is 3. The number of rotatable bonds is 6. The lowest BCUT2D eigenvalue weighted by Gasteiger charge is -2.11. The number of imidazole rings is 1. The standard InChI is InChI=1S/C32H22FN7/c1-19(20-5-3-2-4-6-20)36-25-15-23(17-34-18-25)22-9-12-27-26(16-22)30(40-39-27)32-37-28-13-14-35-29(31(28)38-32)21-7-10-24(33)11-8-21/h2-18,36H,1H2,(H,37,38)(H,39,40). The van der Waals surface area contributed by atoms with Crippen LogP contribution in [0.2, 0.25) is 0 Å². The molecule has 3 aromatic carbocycles. The maximum absolute atomic E-state index is 13.5. The van der Waals surface area contributed by atoms with E-state index in [0.29, 0.717) is 22.7 Å². The molecule has 3 N–H and O–H groups in total. The summed E-state index contributed by atoms with van der Waals surface area (Å²) in [6, 6.07) is 26.2. The van der Waals surface area contributed by atoms with Crippen molar-refractivity contribution in [1.29, 1.82) is 0 Å². The first-order chi connectivity index (χ1) is 19.6. The SMILES string of the molecule is C=C(Nc1cncc(-c2ccc3[nH]nc(-c4nc5c(-c6ccc(F)cc6)nccc5[nH]4)c3c2)c1)c1ccccc1. The Kier molecular flexibility index (Phi) is 5.63. The molecule has 4 heterocycles. The molecule has 7 rings (SSSR count). The topological polar surface area (TPSA) is 95.2 Å². The highest BCUT2D eigenvalue weighted by molar-refractivity contribution is 5.97. The number of hydrogen-bond donors (Lipinski definition) is 3. The first kappa shape index (κ1) is 23.5. The van der Waals surface area contributed by atoms with Crippen LogP contribution in [0.15, 0.2) is 110 Å². The van der Waals surface area contributed by atoms with Crippen LogP contribution in [0.1, 0.15) is 5.56 Å². The summed E-state index contributed by atoms with van der Waals surface area (Å²) in [6.07, 6.45) is 5.32. The van der Waals surface area contributed by atoms with Crippen molar-refractivity contribution in [3.8, 4) is 33.9 Å². The van der Waals surface area contributed by atoms with Gasteiger partial charge in [-0.15, -0.1) is 0 Å². The van der Waals surface area contributed by atoms with Gasteiger partial charge in [-0.25, -0.2) is 9.37 Å². The molecule has 0 aliphatic heterocycles. The number of aromatic nitrogens is 6. The zero-order valence-corrected chi connectivity index (χ0v) is 21.2. The van der Waals surface area contributed by atoms with Crippen molar-refractivity contribution in [2.24, 2.45) is 0 Å². The van der Waals surface area contributed by atoms with Crippen LogP contribution in [0.4, 0.5) is 10.1 Å². The maximum atomic E-state index is 13.5. The van der Waals surface area contributed by atoms with Gasteiger partial charge in [0, 0.05) is 34.6 Å². The van der Waals surface area contributed by atoms with Gasteiger partial charge in [-0.1, -0.05) is 43.0 Å². The van der Waals surface area contributed by atoms with Gasteiger partial charge in [-0.2, -0.15) is 5.10 Å². The van der Waals surface area contributed by atoms with E-state index < -0.39 is 0 Å². The molecule has 40 heavy (non-hydrogen) atoms. The van der Waals surface area contributed by atoms with E-state index in [1.54, 1.807) is 24.5 Å². The van der Waals surface area contributed by atoms with Gasteiger partial charge in [0.05, 0.1) is 28.6 Å². The van der Waals surface area contributed by atoms with Crippen LogP contribution in [0, 0.1) is 5.82 Å². The highest BCUT2D eigenvalue weighted by Crippen LogP contribution is 2.33. The lowest BCUT2D eigenvalue weighted by molar-refractivity contribution is 0.628. The molecule has 0 radical (unpaired) electrons. The van der Waals surface area contributed by atoms with Gasteiger partial charge in [0.15, 0.2) is 5.82 Å². The van der Waals surface area contributed by atoms with Crippen molar-refractivity contribution < 1.29 is 4.39 Å². The summed E-state index contributed by atoms with van der Waals surface area (Å²) in [4.78, 5) is 17.2. The molecule has 0 atom stereocenters. The number of fused-ring (bicyclic) bond motifs is 2.